The molecule has 1 heterocycles. The van der Waals surface area contributed by atoms with Crippen molar-refractivity contribution in [2.24, 2.45) is 0 Å². The minimum Gasteiger partial charge on any atom is -0.444 e. The molecule has 1 aromatic heterocycles. The van der Waals surface area contributed by atoms with Crippen LogP contribution in [0.1, 0.15) is 33.3 Å². The molecule has 0 aliphatic heterocycles. The van der Waals surface area contributed by atoms with E-state index in [0.29, 0.717) is 18.3 Å². The molecule has 5 nitrogen and oxygen atoms in total. The average molecular weight is 353 g/mol. The van der Waals surface area contributed by atoms with Gasteiger partial charge in [0.15, 0.2) is 5.22 Å². The molecule has 1 N–H and O–H groups in total. The summed E-state index contributed by atoms with van der Waals surface area (Å²) < 4.78 is 10.9. The smallest absolute Gasteiger partial charge is 0.410 e. The molecule has 1 aromatic carbocycles. The van der Waals surface area contributed by atoms with Crippen LogP contribution in [0.4, 0.5) is 4.79 Å². The monoisotopic (exact) mass is 352 g/mol. The van der Waals surface area contributed by atoms with Crippen molar-refractivity contribution in [2.75, 3.05) is 13.6 Å². The summed E-state index contributed by atoms with van der Waals surface area (Å²) in [5.74, 6) is 0. The van der Waals surface area contributed by atoms with Crippen molar-refractivity contribution in [2.45, 2.75) is 45.9 Å². The molecule has 0 fully saturated rings. The van der Waals surface area contributed by atoms with Crippen molar-refractivity contribution in [3.8, 4) is 0 Å². The largest absolute Gasteiger partial charge is 0.444 e. The van der Waals surface area contributed by atoms with Crippen LogP contribution >= 0.6 is 11.6 Å². The van der Waals surface area contributed by atoms with E-state index in [1.165, 1.54) is 0 Å². The second-order valence-electron chi connectivity index (χ2n) is 6.92. The molecule has 24 heavy (non-hydrogen) atoms. The number of nitrogens with one attached hydrogen (secondary N) is 1. The van der Waals surface area contributed by atoms with Gasteiger partial charge in [0.05, 0.1) is 0 Å². The fourth-order valence-corrected chi connectivity index (χ4v) is 2.54. The lowest BCUT2D eigenvalue weighted by atomic mass is 10.2. The summed E-state index contributed by atoms with van der Waals surface area (Å²) in [5.41, 5.74) is 1.21. The van der Waals surface area contributed by atoms with Gasteiger partial charge < -0.3 is 19.4 Å². The van der Waals surface area contributed by atoms with Gasteiger partial charge in [-0.1, -0.05) is 18.2 Å². The van der Waals surface area contributed by atoms with Crippen LogP contribution in [0.25, 0.3) is 11.0 Å². The highest BCUT2D eigenvalue weighted by molar-refractivity contribution is 6.30. The van der Waals surface area contributed by atoms with Crippen LogP contribution in [-0.2, 0) is 11.3 Å². The van der Waals surface area contributed by atoms with E-state index in [9.17, 15) is 4.79 Å². The van der Waals surface area contributed by atoms with Crippen LogP contribution < -0.4 is 5.32 Å². The van der Waals surface area contributed by atoms with Crippen LogP contribution in [0.5, 0.6) is 0 Å². The van der Waals surface area contributed by atoms with E-state index in [1.54, 1.807) is 11.9 Å². The standard InChI is InChI=1S/C18H25ClN2O3/c1-12(21(5)17(22)24-18(2,3)4)10-20-11-14-13-8-6-7-9-15(13)23-16(14)19/h6-9,12,20H,10-11H2,1-5H3. The van der Waals surface area contributed by atoms with Gasteiger partial charge in [0.25, 0.3) is 0 Å². The predicted molar refractivity (Wildman–Crippen MR) is 96.4 cm³/mol. The fourth-order valence-electron chi connectivity index (χ4n) is 2.29. The molecule has 2 aromatic rings. The first-order chi connectivity index (χ1) is 11.2. The number of hydrogen-bond donors (Lipinski definition) is 1. The van der Waals surface area contributed by atoms with E-state index < -0.39 is 5.60 Å². The zero-order chi connectivity index (χ0) is 17.9. The van der Waals surface area contributed by atoms with Gasteiger partial charge in [-0.15, -0.1) is 0 Å². The molecule has 0 bridgehead atoms. The lowest BCUT2D eigenvalue weighted by Crippen LogP contribution is -2.43. The molecule has 1 amide bonds. The Hall–Kier alpha value is -1.72. The van der Waals surface area contributed by atoms with Crippen molar-refractivity contribution in [1.29, 1.82) is 0 Å². The Morgan fingerprint density at radius 3 is 2.71 bits per heavy atom. The Bertz CT molecular complexity index is 706. The number of carbonyl (C=O) groups is 1. The number of amides is 1. The summed E-state index contributed by atoms with van der Waals surface area (Å²) in [6.07, 6.45) is -0.330. The minimum atomic E-state index is -0.498. The van der Waals surface area contributed by atoms with Crippen molar-refractivity contribution in [3.05, 3.63) is 35.0 Å². The van der Waals surface area contributed by atoms with E-state index >= 15 is 0 Å². The lowest BCUT2D eigenvalue weighted by Gasteiger charge is -2.28. The van der Waals surface area contributed by atoms with E-state index in [0.717, 1.165) is 16.5 Å². The van der Waals surface area contributed by atoms with Crippen molar-refractivity contribution in [1.82, 2.24) is 10.2 Å². The highest BCUT2D eigenvalue weighted by Gasteiger charge is 2.23. The Balaban J connectivity index is 1.91. The molecule has 0 saturated heterocycles. The van der Waals surface area contributed by atoms with Crippen LogP contribution in [0.15, 0.2) is 28.7 Å². The summed E-state index contributed by atoms with van der Waals surface area (Å²) in [5, 5.41) is 4.73. The first-order valence-electron chi connectivity index (χ1n) is 8.01. The van der Waals surface area contributed by atoms with E-state index in [-0.39, 0.29) is 12.1 Å². The number of carbonyl (C=O) groups excluding carboxylic acids is 1. The number of halogens is 1. The third-order valence-corrected chi connectivity index (χ3v) is 4.04. The normalized spacial score (nSPS) is 13.1. The summed E-state index contributed by atoms with van der Waals surface area (Å²) in [6, 6.07) is 7.73. The second kappa shape index (κ2) is 7.45. The van der Waals surface area contributed by atoms with E-state index in [1.807, 2.05) is 52.0 Å². The van der Waals surface area contributed by atoms with Gasteiger partial charge >= 0.3 is 6.09 Å². The maximum absolute atomic E-state index is 12.1. The number of ether oxygens (including phenoxy) is 1. The summed E-state index contributed by atoms with van der Waals surface area (Å²) in [6.45, 7) is 8.72. The molecule has 6 heteroatoms. The Kier molecular flexibility index (Phi) is 5.78. The van der Waals surface area contributed by atoms with Crippen LogP contribution in [0, 0.1) is 0 Å². The summed E-state index contributed by atoms with van der Waals surface area (Å²) >= 11 is 6.18. The van der Waals surface area contributed by atoms with Gasteiger partial charge in [-0.2, -0.15) is 0 Å². The highest BCUT2D eigenvalue weighted by Crippen LogP contribution is 2.29. The van der Waals surface area contributed by atoms with E-state index in [2.05, 4.69) is 5.32 Å². The van der Waals surface area contributed by atoms with Crippen LogP contribution in [0.2, 0.25) is 5.22 Å². The van der Waals surface area contributed by atoms with Crippen molar-refractivity contribution in [3.63, 3.8) is 0 Å². The maximum atomic E-state index is 12.1. The zero-order valence-corrected chi connectivity index (χ0v) is 15.6. The quantitative estimate of drug-likeness (QED) is 0.864. The first kappa shape index (κ1) is 18.6. The van der Waals surface area contributed by atoms with Crippen molar-refractivity contribution >= 4 is 28.7 Å². The minimum absolute atomic E-state index is 0.0169. The zero-order valence-electron chi connectivity index (χ0n) is 14.9. The molecule has 2 rings (SSSR count). The number of likely N-dealkylation sites (N-methyl/N-ethyl adjacent to an activating group) is 1. The lowest BCUT2D eigenvalue weighted by molar-refractivity contribution is 0.0236. The number of furan rings is 1. The number of hydrogen-bond acceptors (Lipinski definition) is 4. The molecule has 0 spiro atoms. The number of rotatable bonds is 5. The fraction of sp³-hybridized carbons (Fsp3) is 0.500. The molecule has 0 saturated carbocycles. The topological polar surface area (TPSA) is 54.7 Å². The SMILES string of the molecule is CC(CNCc1c(Cl)oc2ccccc12)N(C)C(=O)OC(C)(C)C. The Morgan fingerprint density at radius 1 is 1.38 bits per heavy atom. The Labute approximate surface area is 147 Å². The second-order valence-corrected chi connectivity index (χ2v) is 7.26. The molecule has 0 radical (unpaired) electrons. The van der Waals surface area contributed by atoms with Gasteiger partial charge in [-0.05, 0) is 45.4 Å². The van der Waals surface area contributed by atoms with Crippen LogP contribution in [-0.4, -0.2) is 36.2 Å². The summed E-state index contributed by atoms with van der Waals surface area (Å²) in [7, 11) is 1.74. The predicted octanol–water partition coefficient (Wildman–Crippen LogP) is 4.43. The maximum Gasteiger partial charge on any atom is 0.410 e. The molecule has 132 valence electrons. The molecule has 0 aliphatic carbocycles. The summed E-state index contributed by atoms with van der Waals surface area (Å²) in [4.78, 5) is 13.7. The Morgan fingerprint density at radius 2 is 2.04 bits per heavy atom. The van der Waals surface area contributed by atoms with E-state index in [4.69, 9.17) is 20.8 Å². The van der Waals surface area contributed by atoms with Crippen LogP contribution in [0.3, 0.4) is 0 Å². The molecule has 1 atom stereocenters. The van der Waals surface area contributed by atoms with Gasteiger partial charge in [-0.25, -0.2) is 4.79 Å². The third kappa shape index (κ3) is 4.65. The molecule has 1 unspecified atom stereocenters. The van der Waals surface area contributed by atoms with Gasteiger partial charge in [0.2, 0.25) is 0 Å². The van der Waals surface area contributed by atoms with Crippen molar-refractivity contribution < 1.29 is 13.9 Å². The third-order valence-electron chi connectivity index (χ3n) is 3.73. The highest BCUT2D eigenvalue weighted by atomic mass is 35.5. The molecular weight excluding hydrogens is 328 g/mol. The number of para-hydroxylation sites is 1. The van der Waals surface area contributed by atoms with Gasteiger partial charge in [0, 0.05) is 37.1 Å². The number of nitrogens with zero attached hydrogens (tertiary/aromatic N) is 1. The first-order valence-corrected chi connectivity index (χ1v) is 8.39. The average Bonchev–Trinajstić information content (AvgIpc) is 2.80. The molecular formula is C18H25ClN2O3. The van der Waals surface area contributed by atoms with Gasteiger partial charge in [0.1, 0.15) is 11.2 Å². The number of fused-ring (bicyclic) bond motifs is 1. The molecule has 0 aliphatic rings. The van der Waals surface area contributed by atoms with Gasteiger partial charge in [-0.3, -0.25) is 0 Å². The number of benzene rings is 1.